The van der Waals surface area contributed by atoms with Gasteiger partial charge in [0, 0.05) is 18.7 Å². The molecule has 2 aromatic rings. The van der Waals surface area contributed by atoms with Gasteiger partial charge in [0.25, 0.3) is 11.7 Å². The van der Waals surface area contributed by atoms with E-state index in [2.05, 4.69) is 0 Å². The number of aliphatic hydroxyl groups excluding tert-OH is 1. The highest BCUT2D eigenvalue weighted by Crippen LogP contribution is 2.42. The number of likely N-dealkylation sites (tertiary alicyclic amines) is 1. The Morgan fingerprint density at radius 3 is 2.34 bits per heavy atom. The summed E-state index contributed by atoms with van der Waals surface area (Å²) < 4.78 is 16.8. The zero-order valence-electron chi connectivity index (χ0n) is 21.0. The second-order valence-electron chi connectivity index (χ2n) is 8.51. The molecular formula is C27H34N2O6. The maximum absolute atomic E-state index is 13.2. The predicted molar refractivity (Wildman–Crippen MR) is 134 cm³/mol. The second kappa shape index (κ2) is 11.8. The van der Waals surface area contributed by atoms with Crippen LogP contribution in [0.2, 0.25) is 0 Å². The van der Waals surface area contributed by atoms with Crippen molar-refractivity contribution in [2.45, 2.75) is 26.3 Å². The van der Waals surface area contributed by atoms with E-state index in [0.29, 0.717) is 54.7 Å². The third-order valence-electron chi connectivity index (χ3n) is 5.73. The molecule has 1 aliphatic heterocycles. The first-order valence-corrected chi connectivity index (χ1v) is 11.8. The molecule has 1 aliphatic rings. The summed E-state index contributed by atoms with van der Waals surface area (Å²) in [7, 11) is 5.34. The van der Waals surface area contributed by atoms with Crippen LogP contribution in [0.25, 0.3) is 5.76 Å². The quantitative estimate of drug-likeness (QED) is 0.296. The second-order valence-corrected chi connectivity index (χ2v) is 8.51. The number of aliphatic hydroxyl groups is 1. The molecule has 2 aromatic carbocycles. The summed E-state index contributed by atoms with van der Waals surface area (Å²) in [5, 5.41) is 11.2. The molecule has 188 valence electrons. The lowest BCUT2D eigenvalue weighted by molar-refractivity contribution is -0.140. The van der Waals surface area contributed by atoms with Crippen LogP contribution in [0.15, 0.2) is 48.0 Å². The number of hydrogen-bond acceptors (Lipinski definition) is 7. The van der Waals surface area contributed by atoms with Crippen LogP contribution in [0.5, 0.6) is 17.2 Å². The molecule has 1 atom stereocenters. The molecule has 1 unspecified atom stereocenters. The largest absolute Gasteiger partial charge is 0.507 e. The number of hydrogen-bond donors (Lipinski definition) is 1. The van der Waals surface area contributed by atoms with E-state index in [1.165, 1.54) is 4.90 Å². The highest BCUT2D eigenvalue weighted by Gasteiger charge is 2.46. The van der Waals surface area contributed by atoms with Gasteiger partial charge in [-0.25, -0.2) is 0 Å². The molecule has 1 amide bonds. The van der Waals surface area contributed by atoms with Gasteiger partial charge in [0.05, 0.1) is 31.9 Å². The Morgan fingerprint density at radius 2 is 1.74 bits per heavy atom. The summed E-state index contributed by atoms with van der Waals surface area (Å²) in [4.78, 5) is 29.7. The summed E-state index contributed by atoms with van der Waals surface area (Å²) in [6, 6.07) is 11.4. The molecule has 1 fully saturated rings. The van der Waals surface area contributed by atoms with E-state index in [1.54, 1.807) is 49.6 Å². The highest BCUT2D eigenvalue weighted by atomic mass is 16.5. The average molecular weight is 483 g/mol. The van der Waals surface area contributed by atoms with Crippen LogP contribution >= 0.6 is 0 Å². The molecule has 35 heavy (non-hydrogen) atoms. The van der Waals surface area contributed by atoms with E-state index in [9.17, 15) is 14.7 Å². The third kappa shape index (κ3) is 5.77. The number of Topliss-reactive ketones (excluding diaryl/α,β-unsaturated/α-hetero) is 1. The van der Waals surface area contributed by atoms with Gasteiger partial charge in [0.2, 0.25) is 0 Å². The fourth-order valence-electron chi connectivity index (χ4n) is 3.98. The first-order chi connectivity index (χ1) is 16.8. The fraction of sp³-hybridized carbons (Fsp3) is 0.407. The Bertz CT molecular complexity index is 1080. The molecule has 0 aromatic heterocycles. The van der Waals surface area contributed by atoms with Gasteiger partial charge in [-0.1, -0.05) is 13.0 Å². The van der Waals surface area contributed by atoms with Crippen LogP contribution in [0.3, 0.4) is 0 Å². The molecule has 0 radical (unpaired) electrons. The van der Waals surface area contributed by atoms with Gasteiger partial charge < -0.3 is 29.1 Å². The molecule has 0 aliphatic carbocycles. The van der Waals surface area contributed by atoms with Crippen molar-refractivity contribution >= 4 is 17.4 Å². The molecule has 1 heterocycles. The highest BCUT2D eigenvalue weighted by molar-refractivity contribution is 6.46. The molecule has 3 rings (SSSR count). The summed E-state index contributed by atoms with van der Waals surface area (Å²) in [5.41, 5.74) is 1.12. The van der Waals surface area contributed by atoms with Crippen molar-refractivity contribution in [1.29, 1.82) is 0 Å². The van der Waals surface area contributed by atoms with E-state index in [1.807, 2.05) is 32.8 Å². The Kier molecular flexibility index (Phi) is 8.76. The predicted octanol–water partition coefficient (Wildman–Crippen LogP) is 3.87. The van der Waals surface area contributed by atoms with Gasteiger partial charge in [0.15, 0.2) is 11.5 Å². The average Bonchev–Trinajstić information content (AvgIpc) is 3.11. The van der Waals surface area contributed by atoms with E-state index in [0.717, 1.165) is 6.42 Å². The SMILES string of the molecule is CCCOc1ccc(C2/C(=C(\O)c3ccc(OCC)cc3)C(=O)C(=O)N2CCN(C)C)cc1OC. The zero-order chi connectivity index (χ0) is 25.5. The number of ketones is 1. The molecular weight excluding hydrogens is 448 g/mol. The summed E-state index contributed by atoms with van der Waals surface area (Å²) >= 11 is 0. The van der Waals surface area contributed by atoms with Crippen LogP contribution in [0.1, 0.15) is 37.4 Å². The van der Waals surface area contributed by atoms with Crippen molar-refractivity contribution in [3.63, 3.8) is 0 Å². The van der Waals surface area contributed by atoms with Crippen LogP contribution < -0.4 is 14.2 Å². The van der Waals surface area contributed by atoms with Crippen LogP contribution in [-0.2, 0) is 9.59 Å². The number of carbonyl (C=O) groups is 2. The minimum atomic E-state index is -0.768. The number of ether oxygens (including phenoxy) is 3. The molecule has 1 saturated heterocycles. The van der Waals surface area contributed by atoms with Crippen molar-refractivity contribution in [3.8, 4) is 17.2 Å². The van der Waals surface area contributed by atoms with Crippen LogP contribution in [0, 0.1) is 0 Å². The maximum Gasteiger partial charge on any atom is 0.295 e. The Balaban J connectivity index is 2.11. The number of benzene rings is 2. The van der Waals surface area contributed by atoms with E-state index >= 15 is 0 Å². The van der Waals surface area contributed by atoms with E-state index < -0.39 is 17.7 Å². The monoisotopic (exact) mass is 482 g/mol. The molecule has 0 spiro atoms. The van der Waals surface area contributed by atoms with Crippen molar-refractivity contribution in [3.05, 3.63) is 59.2 Å². The van der Waals surface area contributed by atoms with Gasteiger partial charge >= 0.3 is 0 Å². The molecule has 0 bridgehead atoms. The standard InChI is InChI=1S/C27H34N2O6/c1-6-16-35-21-13-10-19(17-22(21)33-5)24-23(26(31)27(32)29(24)15-14-28(3)4)25(30)18-8-11-20(12-9-18)34-7-2/h8-13,17,24,30H,6-7,14-16H2,1-5H3/b25-23+. The zero-order valence-corrected chi connectivity index (χ0v) is 21.0. The van der Waals surface area contributed by atoms with E-state index in [4.69, 9.17) is 14.2 Å². The fourth-order valence-corrected chi connectivity index (χ4v) is 3.98. The van der Waals surface area contributed by atoms with Crippen molar-refractivity contribution in [2.24, 2.45) is 0 Å². The van der Waals surface area contributed by atoms with Crippen LogP contribution in [0.4, 0.5) is 0 Å². The first kappa shape index (κ1) is 26.1. The number of likely N-dealkylation sites (N-methyl/N-ethyl adjacent to an activating group) is 1. The smallest absolute Gasteiger partial charge is 0.295 e. The molecule has 1 N–H and O–H groups in total. The van der Waals surface area contributed by atoms with Crippen molar-refractivity contribution in [2.75, 3.05) is 47.5 Å². The summed E-state index contributed by atoms with van der Waals surface area (Å²) in [6.45, 7) is 5.83. The minimum Gasteiger partial charge on any atom is -0.507 e. The van der Waals surface area contributed by atoms with Crippen LogP contribution in [-0.4, -0.2) is 74.1 Å². The number of rotatable bonds is 11. The third-order valence-corrected chi connectivity index (χ3v) is 5.73. The Labute approximate surface area is 206 Å². The molecule has 8 heteroatoms. The molecule has 0 saturated carbocycles. The summed E-state index contributed by atoms with van der Waals surface area (Å²) in [6.07, 6.45) is 0.845. The number of amides is 1. The van der Waals surface area contributed by atoms with E-state index in [-0.39, 0.29) is 11.3 Å². The lowest BCUT2D eigenvalue weighted by Crippen LogP contribution is -2.35. The van der Waals surface area contributed by atoms with Gasteiger partial charge in [-0.05, 0) is 69.4 Å². The first-order valence-electron chi connectivity index (χ1n) is 11.8. The normalized spacial score (nSPS) is 17.2. The number of methoxy groups -OCH3 is 1. The Hall–Kier alpha value is -3.52. The maximum atomic E-state index is 13.2. The topological polar surface area (TPSA) is 88.5 Å². The number of nitrogens with zero attached hydrogens (tertiary/aromatic N) is 2. The lowest BCUT2D eigenvalue weighted by atomic mass is 9.95. The number of carbonyl (C=O) groups excluding carboxylic acids is 2. The molecule has 8 nitrogen and oxygen atoms in total. The Morgan fingerprint density at radius 1 is 1.03 bits per heavy atom. The lowest BCUT2D eigenvalue weighted by Gasteiger charge is -2.27. The van der Waals surface area contributed by atoms with Crippen molar-refractivity contribution in [1.82, 2.24) is 9.80 Å². The van der Waals surface area contributed by atoms with Gasteiger partial charge in [-0.3, -0.25) is 9.59 Å². The van der Waals surface area contributed by atoms with Gasteiger partial charge in [0.1, 0.15) is 11.5 Å². The van der Waals surface area contributed by atoms with Crippen molar-refractivity contribution < 1.29 is 28.9 Å². The van der Waals surface area contributed by atoms with Gasteiger partial charge in [-0.15, -0.1) is 0 Å². The van der Waals surface area contributed by atoms with Gasteiger partial charge in [-0.2, -0.15) is 0 Å². The summed E-state index contributed by atoms with van der Waals surface area (Å²) in [5.74, 6) is 0.138. The minimum absolute atomic E-state index is 0.0437.